The van der Waals surface area contributed by atoms with Gasteiger partial charge in [-0.25, -0.2) is 4.68 Å². The number of aryl methyl sites for hydroxylation is 1. The van der Waals surface area contributed by atoms with E-state index in [0.29, 0.717) is 5.69 Å². The van der Waals surface area contributed by atoms with Crippen LogP contribution >= 0.6 is 0 Å². The number of anilines is 1. The summed E-state index contributed by atoms with van der Waals surface area (Å²) in [6.07, 6.45) is 1.82. The maximum atomic E-state index is 6.15. The van der Waals surface area contributed by atoms with Gasteiger partial charge in [-0.05, 0) is 24.6 Å². The first-order chi connectivity index (χ1) is 10.2. The van der Waals surface area contributed by atoms with E-state index in [1.807, 2.05) is 48.7 Å². The fourth-order valence-electron chi connectivity index (χ4n) is 2.38. The molecule has 0 aliphatic carbocycles. The summed E-state index contributed by atoms with van der Waals surface area (Å²) in [5.41, 5.74) is 10.6. The topological polar surface area (TPSA) is 53.1 Å². The Morgan fingerprint density at radius 1 is 1.05 bits per heavy atom. The molecular weight excluding hydrogens is 262 g/mol. The van der Waals surface area contributed by atoms with Crippen LogP contribution in [0.4, 0.5) is 5.69 Å². The number of nitrogen functional groups attached to an aromatic ring is 1. The van der Waals surface area contributed by atoms with Crippen molar-refractivity contribution in [3.63, 3.8) is 0 Å². The molecule has 3 rings (SSSR count). The number of hydrogen-bond acceptors (Lipinski definition) is 3. The van der Waals surface area contributed by atoms with Crippen molar-refractivity contribution in [1.82, 2.24) is 9.78 Å². The molecule has 0 bridgehead atoms. The number of hydrogen-bond donors (Lipinski definition) is 1. The molecule has 1 heterocycles. The molecule has 0 saturated heterocycles. The van der Waals surface area contributed by atoms with E-state index in [0.717, 1.165) is 28.3 Å². The summed E-state index contributed by atoms with van der Waals surface area (Å²) in [6, 6.07) is 15.8. The first-order valence-corrected chi connectivity index (χ1v) is 6.75. The van der Waals surface area contributed by atoms with E-state index in [2.05, 4.69) is 18.1 Å². The summed E-state index contributed by atoms with van der Waals surface area (Å²) in [5, 5.41) is 4.63. The van der Waals surface area contributed by atoms with E-state index >= 15 is 0 Å². The zero-order valence-electron chi connectivity index (χ0n) is 12.1. The Kier molecular flexibility index (Phi) is 3.36. The molecule has 0 aliphatic rings. The van der Waals surface area contributed by atoms with E-state index in [9.17, 15) is 0 Å². The zero-order chi connectivity index (χ0) is 14.8. The van der Waals surface area contributed by atoms with E-state index in [1.165, 1.54) is 0 Å². The predicted molar refractivity (Wildman–Crippen MR) is 84.7 cm³/mol. The van der Waals surface area contributed by atoms with E-state index in [1.54, 1.807) is 11.8 Å². The molecule has 0 atom stereocenters. The van der Waals surface area contributed by atoms with Crippen LogP contribution in [0.5, 0.6) is 5.75 Å². The molecule has 0 unspecified atom stereocenters. The highest BCUT2D eigenvalue weighted by Crippen LogP contribution is 2.30. The summed E-state index contributed by atoms with van der Waals surface area (Å²) in [6.45, 7) is 2.05. The van der Waals surface area contributed by atoms with Crippen LogP contribution in [0.25, 0.3) is 16.9 Å². The molecule has 0 spiro atoms. The molecule has 0 aliphatic heterocycles. The maximum absolute atomic E-state index is 6.15. The average Bonchev–Trinajstić information content (AvgIpc) is 2.89. The third kappa shape index (κ3) is 2.36. The minimum Gasteiger partial charge on any atom is -0.494 e. The summed E-state index contributed by atoms with van der Waals surface area (Å²) >= 11 is 0. The molecule has 0 fully saturated rings. The highest BCUT2D eigenvalue weighted by atomic mass is 16.5. The van der Waals surface area contributed by atoms with E-state index in [-0.39, 0.29) is 0 Å². The second kappa shape index (κ2) is 5.32. The molecule has 0 radical (unpaired) electrons. The maximum Gasteiger partial charge on any atom is 0.144 e. The minimum atomic E-state index is 0.648. The number of ether oxygens (including phenoxy) is 1. The third-order valence-corrected chi connectivity index (χ3v) is 3.47. The summed E-state index contributed by atoms with van der Waals surface area (Å²) in [4.78, 5) is 0. The highest BCUT2D eigenvalue weighted by molar-refractivity contribution is 5.75. The van der Waals surface area contributed by atoms with Crippen LogP contribution in [-0.2, 0) is 0 Å². The van der Waals surface area contributed by atoms with Gasteiger partial charge in [0.1, 0.15) is 17.1 Å². The van der Waals surface area contributed by atoms with Crippen LogP contribution in [-0.4, -0.2) is 16.9 Å². The van der Waals surface area contributed by atoms with Crippen molar-refractivity contribution in [2.75, 3.05) is 12.8 Å². The quantitative estimate of drug-likeness (QED) is 0.799. The van der Waals surface area contributed by atoms with Crippen LogP contribution in [0.3, 0.4) is 0 Å². The SMILES string of the molecule is COc1ccccc1-n1cc(N)c(-c2ccccc2C)n1. The average molecular weight is 279 g/mol. The third-order valence-electron chi connectivity index (χ3n) is 3.47. The molecule has 106 valence electrons. The number of methoxy groups -OCH3 is 1. The molecule has 4 heteroatoms. The van der Waals surface area contributed by atoms with Gasteiger partial charge < -0.3 is 10.5 Å². The standard InChI is InChI=1S/C17H17N3O/c1-12-7-3-4-8-13(12)17-14(18)11-20(19-17)15-9-5-6-10-16(15)21-2/h3-11H,18H2,1-2H3. The highest BCUT2D eigenvalue weighted by Gasteiger charge is 2.13. The Balaban J connectivity index is 2.12. The first-order valence-electron chi connectivity index (χ1n) is 6.75. The summed E-state index contributed by atoms with van der Waals surface area (Å²) < 4.78 is 7.14. The van der Waals surface area contributed by atoms with Crippen molar-refractivity contribution in [3.8, 4) is 22.7 Å². The van der Waals surface area contributed by atoms with Gasteiger partial charge >= 0.3 is 0 Å². The number of benzene rings is 2. The van der Waals surface area contributed by atoms with Crippen molar-refractivity contribution in [1.29, 1.82) is 0 Å². The second-order valence-electron chi connectivity index (χ2n) is 4.86. The van der Waals surface area contributed by atoms with Crippen molar-refractivity contribution in [2.45, 2.75) is 6.92 Å². The normalized spacial score (nSPS) is 10.6. The Bertz CT molecular complexity index is 777. The molecule has 0 saturated carbocycles. The van der Waals surface area contributed by atoms with Crippen LogP contribution < -0.4 is 10.5 Å². The Hall–Kier alpha value is -2.75. The lowest BCUT2D eigenvalue weighted by Crippen LogP contribution is -1.98. The molecule has 2 N–H and O–H groups in total. The lowest BCUT2D eigenvalue weighted by molar-refractivity contribution is 0.412. The van der Waals surface area contributed by atoms with Crippen LogP contribution in [0.1, 0.15) is 5.56 Å². The molecule has 2 aromatic carbocycles. The molecule has 4 nitrogen and oxygen atoms in total. The largest absolute Gasteiger partial charge is 0.494 e. The first kappa shape index (κ1) is 13.2. The summed E-state index contributed by atoms with van der Waals surface area (Å²) in [7, 11) is 1.65. The molecule has 3 aromatic rings. The lowest BCUT2D eigenvalue weighted by Gasteiger charge is -2.07. The fourth-order valence-corrected chi connectivity index (χ4v) is 2.38. The molecule has 21 heavy (non-hydrogen) atoms. The monoisotopic (exact) mass is 279 g/mol. The van der Waals surface area contributed by atoms with Crippen molar-refractivity contribution < 1.29 is 4.74 Å². The number of aromatic nitrogens is 2. The van der Waals surface area contributed by atoms with Gasteiger partial charge in [0.05, 0.1) is 19.0 Å². The van der Waals surface area contributed by atoms with Crippen LogP contribution in [0.2, 0.25) is 0 Å². The van der Waals surface area contributed by atoms with Gasteiger partial charge in [0.25, 0.3) is 0 Å². The van der Waals surface area contributed by atoms with Crippen molar-refractivity contribution >= 4 is 5.69 Å². The lowest BCUT2D eigenvalue weighted by atomic mass is 10.1. The fraction of sp³-hybridized carbons (Fsp3) is 0.118. The van der Waals surface area contributed by atoms with Crippen molar-refractivity contribution in [2.24, 2.45) is 0 Å². The zero-order valence-corrected chi connectivity index (χ0v) is 12.1. The van der Waals surface area contributed by atoms with Gasteiger partial charge in [-0.15, -0.1) is 0 Å². The second-order valence-corrected chi connectivity index (χ2v) is 4.86. The Morgan fingerprint density at radius 2 is 1.76 bits per heavy atom. The van der Waals surface area contributed by atoms with Crippen LogP contribution in [0, 0.1) is 6.92 Å². The number of para-hydroxylation sites is 2. The summed E-state index contributed by atoms with van der Waals surface area (Å²) in [5.74, 6) is 0.760. The van der Waals surface area contributed by atoms with Gasteiger partial charge in [-0.2, -0.15) is 5.10 Å². The Labute approximate surface area is 123 Å². The smallest absolute Gasteiger partial charge is 0.144 e. The molecule has 1 aromatic heterocycles. The van der Waals surface area contributed by atoms with Gasteiger partial charge in [0.2, 0.25) is 0 Å². The van der Waals surface area contributed by atoms with E-state index < -0.39 is 0 Å². The number of rotatable bonds is 3. The number of nitrogens with two attached hydrogens (primary N) is 1. The van der Waals surface area contributed by atoms with Crippen LogP contribution in [0.15, 0.2) is 54.7 Å². The van der Waals surface area contributed by atoms with Gasteiger partial charge in [0, 0.05) is 5.56 Å². The van der Waals surface area contributed by atoms with Crippen molar-refractivity contribution in [3.05, 3.63) is 60.3 Å². The van der Waals surface area contributed by atoms with Gasteiger partial charge in [0.15, 0.2) is 0 Å². The van der Waals surface area contributed by atoms with E-state index in [4.69, 9.17) is 10.5 Å². The van der Waals surface area contributed by atoms with Gasteiger partial charge in [-0.1, -0.05) is 36.4 Å². The van der Waals surface area contributed by atoms with Gasteiger partial charge in [-0.3, -0.25) is 0 Å². The molecule has 0 amide bonds. The Morgan fingerprint density at radius 3 is 2.52 bits per heavy atom. The molecular formula is C17H17N3O. The number of nitrogens with zero attached hydrogens (tertiary/aromatic N) is 2. The predicted octanol–water partition coefficient (Wildman–Crippen LogP) is 3.44. The minimum absolute atomic E-state index is 0.648.